The molecule has 3 aromatic rings. The lowest BCUT2D eigenvalue weighted by Gasteiger charge is -2.07. The Kier molecular flexibility index (Phi) is 3.26. The van der Waals surface area contributed by atoms with E-state index in [0.29, 0.717) is 11.1 Å². The van der Waals surface area contributed by atoms with Gasteiger partial charge in [0.25, 0.3) is 0 Å². The van der Waals surface area contributed by atoms with Crippen LogP contribution in [0.25, 0.3) is 22.3 Å². The third-order valence-electron chi connectivity index (χ3n) is 3.80. The van der Waals surface area contributed by atoms with Crippen molar-refractivity contribution in [1.82, 2.24) is 0 Å². The molecule has 0 aliphatic carbocycles. The molecule has 3 rings (SSSR count). The van der Waals surface area contributed by atoms with Gasteiger partial charge < -0.3 is 9.62 Å². The van der Waals surface area contributed by atoms with Gasteiger partial charge in [-0.2, -0.15) is 0 Å². The van der Waals surface area contributed by atoms with Crippen LogP contribution in [0.1, 0.15) is 16.7 Å². The first-order valence-corrected chi connectivity index (χ1v) is 6.89. The predicted octanol–water partition coefficient (Wildman–Crippen LogP) is 4.31. The van der Waals surface area contributed by atoms with Crippen LogP contribution >= 0.6 is 0 Å². The fourth-order valence-corrected chi connectivity index (χ4v) is 2.37. The summed E-state index contributed by atoms with van der Waals surface area (Å²) in [6.07, 6.45) is 0. The highest BCUT2D eigenvalue weighted by Gasteiger charge is 2.08. The van der Waals surface area contributed by atoms with Gasteiger partial charge in [-0.3, -0.25) is 0 Å². The highest BCUT2D eigenvalue weighted by atomic mass is 16.4. The van der Waals surface area contributed by atoms with Crippen LogP contribution in [-0.4, -0.2) is 5.21 Å². The van der Waals surface area contributed by atoms with E-state index in [4.69, 9.17) is 4.42 Å². The Morgan fingerprint density at radius 1 is 0.905 bits per heavy atom. The minimum atomic E-state index is 0.523. The van der Waals surface area contributed by atoms with E-state index in [2.05, 4.69) is 5.16 Å². The molecule has 2 aromatic carbocycles. The van der Waals surface area contributed by atoms with Gasteiger partial charge in [0.2, 0.25) is 0 Å². The lowest BCUT2D eigenvalue weighted by atomic mass is 10.1. The highest BCUT2D eigenvalue weighted by molar-refractivity contribution is 5.80. The molecule has 1 N–H and O–H groups in total. The SMILES string of the molecule is Cc1ccc(-c2cc(=NO)c3cc(C)c(C)cc3o2)cc1. The summed E-state index contributed by atoms with van der Waals surface area (Å²) in [5.74, 6) is 0.693. The summed E-state index contributed by atoms with van der Waals surface area (Å²) in [6, 6.07) is 13.8. The van der Waals surface area contributed by atoms with Gasteiger partial charge >= 0.3 is 0 Å². The summed E-state index contributed by atoms with van der Waals surface area (Å²) in [7, 11) is 0. The van der Waals surface area contributed by atoms with Crippen LogP contribution in [-0.2, 0) is 0 Å². The Morgan fingerprint density at radius 3 is 2.24 bits per heavy atom. The summed E-state index contributed by atoms with van der Waals surface area (Å²) >= 11 is 0. The Hall–Kier alpha value is -2.55. The standard InChI is InChI=1S/C18H17NO2/c1-11-4-6-14(7-5-11)17-10-16(19-20)15-8-12(2)13(3)9-18(15)21-17/h4-10,20H,1-3H3. The number of hydrogen-bond acceptors (Lipinski definition) is 3. The van der Waals surface area contributed by atoms with Crippen molar-refractivity contribution in [2.75, 3.05) is 0 Å². The number of hydrogen-bond donors (Lipinski definition) is 1. The number of rotatable bonds is 1. The molecule has 0 amide bonds. The van der Waals surface area contributed by atoms with Gasteiger partial charge in [0.05, 0.1) is 0 Å². The summed E-state index contributed by atoms with van der Waals surface area (Å²) in [4.78, 5) is 0. The Balaban J connectivity index is 2.31. The van der Waals surface area contributed by atoms with E-state index in [1.807, 2.05) is 57.2 Å². The fourth-order valence-electron chi connectivity index (χ4n) is 2.37. The lowest BCUT2D eigenvalue weighted by Crippen LogP contribution is -2.04. The monoisotopic (exact) mass is 279 g/mol. The molecule has 1 heterocycles. The molecule has 0 aliphatic rings. The molecule has 0 aliphatic heterocycles. The van der Waals surface area contributed by atoms with E-state index in [9.17, 15) is 5.21 Å². The zero-order valence-electron chi connectivity index (χ0n) is 12.3. The van der Waals surface area contributed by atoms with Crippen LogP contribution in [0.2, 0.25) is 0 Å². The largest absolute Gasteiger partial charge is 0.456 e. The topological polar surface area (TPSA) is 45.7 Å². The first kappa shape index (κ1) is 13.4. The van der Waals surface area contributed by atoms with Gasteiger partial charge in [-0.25, -0.2) is 0 Å². The van der Waals surface area contributed by atoms with Crippen molar-refractivity contribution in [3.05, 3.63) is 64.5 Å². The minimum Gasteiger partial charge on any atom is -0.456 e. The summed E-state index contributed by atoms with van der Waals surface area (Å²) in [5, 5.41) is 14.0. The predicted molar refractivity (Wildman–Crippen MR) is 83.2 cm³/mol. The molecule has 0 bridgehead atoms. The van der Waals surface area contributed by atoms with Gasteiger partial charge in [-0.05, 0) is 44.0 Å². The Bertz CT molecular complexity index is 874. The van der Waals surface area contributed by atoms with Crippen molar-refractivity contribution in [2.24, 2.45) is 5.16 Å². The number of nitrogens with zero attached hydrogens (tertiary/aromatic N) is 1. The van der Waals surface area contributed by atoms with Gasteiger partial charge in [0.1, 0.15) is 16.7 Å². The normalized spacial score (nSPS) is 12.0. The molecule has 106 valence electrons. The molecule has 0 saturated heterocycles. The number of benzene rings is 2. The third-order valence-corrected chi connectivity index (χ3v) is 3.80. The maximum Gasteiger partial charge on any atom is 0.137 e. The highest BCUT2D eigenvalue weighted by Crippen LogP contribution is 2.24. The lowest BCUT2D eigenvalue weighted by molar-refractivity contribution is 0.302. The molecule has 0 fully saturated rings. The van der Waals surface area contributed by atoms with Crippen molar-refractivity contribution < 1.29 is 9.62 Å². The van der Waals surface area contributed by atoms with E-state index in [1.54, 1.807) is 6.07 Å². The van der Waals surface area contributed by atoms with E-state index in [1.165, 1.54) is 5.56 Å². The maximum atomic E-state index is 9.29. The van der Waals surface area contributed by atoms with Gasteiger partial charge in [0.15, 0.2) is 0 Å². The molecular formula is C18H17NO2. The van der Waals surface area contributed by atoms with Crippen molar-refractivity contribution in [3.8, 4) is 11.3 Å². The van der Waals surface area contributed by atoms with Crippen molar-refractivity contribution in [2.45, 2.75) is 20.8 Å². The van der Waals surface area contributed by atoms with Crippen LogP contribution in [0.4, 0.5) is 0 Å². The number of fused-ring (bicyclic) bond motifs is 1. The van der Waals surface area contributed by atoms with Crippen molar-refractivity contribution >= 4 is 11.0 Å². The first-order valence-electron chi connectivity index (χ1n) is 6.89. The van der Waals surface area contributed by atoms with Gasteiger partial charge in [-0.1, -0.05) is 35.0 Å². The summed E-state index contributed by atoms with van der Waals surface area (Å²) in [6.45, 7) is 6.12. The zero-order valence-corrected chi connectivity index (χ0v) is 12.3. The molecule has 0 saturated carbocycles. The molecule has 0 radical (unpaired) electrons. The van der Waals surface area contributed by atoms with Gasteiger partial charge in [0, 0.05) is 17.0 Å². The molecule has 3 nitrogen and oxygen atoms in total. The second-order valence-electron chi connectivity index (χ2n) is 5.39. The second kappa shape index (κ2) is 5.09. The van der Waals surface area contributed by atoms with Crippen LogP contribution < -0.4 is 5.36 Å². The molecule has 0 atom stereocenters. The Morgan fingerprint density at radius 2 is 1.57 bits per heavy atom. The number of aryl methyl sites for hydroxylation is 3. The van der Waals surface area contributed by atoms with E-state index >= 15 is 0 Å². The van der Waals surface area contributed by atoms with Crippen molar-refractivity contribution in [3.63, 3.8) is 0 Å². The van der Waals surface area contributed by atoms with Crippen LogP contribution in [0.15, 0.2) is 52.0 Å². The molecular weight excluding hydrogens is 262 g/mol. The smallest absolute Gasteiger partial charge is 0.137 e. The molecule has 21 heavy (non-hydrogen) atoms. The second-order valence-corrected chi connectivity index (χ2v) is 5.39. The minimum absolute atomic E-state index is 0.523. The first-order chi connectivity index (χ1) is 10.1. The molecule has 1 aromatic heterocycles. The maximum absolute atomic E-state index is 9.29. The Labute approximate surface area is 123 Å². The van der Waals surface area contributed by atoms with E-state index in [0.717, 1.165) is 27.7 Å². The van der Waals surface area contributed by atoms with Crippen LogP contribution in [0, 0.1) is 20.8 Å². The average molecular weight is 279 g/mol. The quantitative estimate of drug-likeness (QED) is 0.532. The molecule has 0 unspecified atom stereocenters. The fraction of sp³-hybridized carbons (Fsp3) is 0.167. The summed E-state index contributed by atoms with van der Waals surface area (Å²) < 4.78 is 5.99. The van der Waals surface area contributed by atoms with Crippen molar-refractivity contribution in [1.29, 1.82) is 0 Å². The molecule has 3 heteroatoms. The van der Waals surface area contributed by atoms with E-state index in [-0.39, 0.29) is 0 Å². The molecule has 0 spiro atoms. The van der Waals surface area contributed by atoms with Crippen LogP contribution in [0.3, 0.4) is 0 Å². The van der Waals surface area contributed by atoms with E-state index < -0.39 is 0 Å². The van der Waals surface area contributed by atoms with Gasteiger partial charge in [-0.15, -0.1) is 0 Å². The van der Waals surface area contributed by atoms with Crippen LogP contribution in [0.5, 0.6) is 0 Å². The summed E-state index contributed by atoms with van der Waals surface area (Å²) in [5.41, 5.74) is 5.18. The zero-order chi connectivity index (χ0) is 15.0. The third kappa shape index (κ3) is 2.42. The average Bonchev–Trinajstić information content (AvgIpc) is 2.48.